The molecule has 4 aliphatic carbocycles. The second-order valence-corrected chi connectivity index (χ2v) is 12.1. The van der Waals surface area contributed by atoms with Crippen molar-refractivity contribution in [1.29, 1.82) is 0 Å². The number of nitrogens with one attached hydrogen (secondary N) is 1. The van der Waals surface area contributed by atoms with Gasteiger partial charge in [-0.15, -0.1) is 11.3 Å². The second kappa shape index (κ2) is 5.30. The predicted octanol–water partition coefficient (Wildman–Crippen LogP) is 4.39. The number of thiophene rings is 1. The van der Waals surface area contributed by atoms with Crippen LogP contribution < -0.4 is 4.72 Å². The highest BCUT2D eigenvalue weighted by Crippen LogP contribution is 2.61. The van der Waals surface area contributed by atoms with Crippen LogP contribution in [0.2, 0.25) is 0 Å². The van der Waals surface area contributed by atoms with E-state index in [0.717, 1.165) is 21.5 Å². The van der Waals surface area contributed by atoms with Gasteiger partial charge in [0.15, 0.2) is 0 Å². The summed E-state index contributed by atoms with van der Waals surface area (Å²) in [5.41, 5.74) is 0.205. The maximum atomic E-state index is 12.6. The van der Waals surface area contributed by atoms with E-state index in [9.17, 15) is 8.42 Å². The maximum absolute atomic E-state index is 12.6. The average Bonchev–Trinajstić information content (AvgIpc) is 2.84. The number of halogens is 1. The van der Waals surface area contributed by atoms with Crippen molar-refractivity contribution in [3.63, 3.8) is 0 Å². The molecule has 4 aliphatic rings. The molecule has 0 aromatic carbocycles. The molecule has 0 saturated heterocycles. The van der Waals surface area contributed by atoms with E-state index in [-0.39, 0.29) is 11.5 Å². The first-order valence-electron chi connectivity index (χ1n) is 8.14. The highest BCUT2D eigenvalue weighted by Gasteiger charge is 2.53. The van der Waals surface area contributed by atoms with Crippen LogP contribution in [0.25, 0.3) is 0 Å². The molecular weight excluding hydrogens is 382 g/mol. The molecule has 0 spiro atoms. The second-order valence-electron chi connectivity index (χ2n) is 7.68. The Kier molecular flexibility index (Phi) is 3.76. The Hall–Kier alpha value is 0.0900. The lowest BCUT2D eigenvalue weighted by Gasteiger charge is -2.59. The summed E-state index contributed by atoms with van der Waals surface area (Å²) in [4.78, 5) is 0. The van der Waals surface area contributed by atoms with Gasteiger partial charge in [-0.25, -0.2) is 13.1 Å². The molecule has 0 radical (unpaired) electrons. The summed E-state index contributed by atoms with van der Waals surface area (Å²) in [6.07, 6.45) is 7.81. The Morgan fingerprint density at radius 1 is 1.18 bits per heavy atom. The van der Waals surface area contributed by atoms with Gasteiger partial charge in [0.05, 0.1) is 3.79 Å². The van der Waals surface area contributed by atoms with Gasteiger partial charge < -0.3 is 0 Å². The highest BCUT2D eigenvalue weighted by molar-refractivity contribution is 9.11. The molecular formula is C16H22BrNO2S2. The van der Waals surface area contributed by atoms with Gasteiger partial charge in [0.1, 0.15) is 4.21 Å². The third-order valence-corrected chi connectivity index (χ3v) is 9.81. The SMILES string of the molecule is CC(NS(=O)(=O)c1ccc(Br)s1)C12CC3CC(CC(C3)C1)C2. The summed E-state index contributed by atoms with van der Waals surface area (Å²) in [6.45, 7) is 2.09. The van der Waals surface area contributed by atoms with E-state index in [1.165, 1.54) is 49.9 Å². The third kappa shape index (κ3) is 2.60. The van der Waals surface area contributed by atoms with Crippen molar-refractivity contribution >= 4 is 37.3 Å². The Balaban J connectivity index is 1.56. The molecule has 1 N–H and O–H groups in total. The standard InChI is InChI=1S/C16H22BrNO2S2/c1-10(18-22(19,20)15-3-2-14(17)21-15)16-7-11-4-12(8-16)6-13(5-11)9-16/h2-3,10-13,18H,4-9H2,1H3. The molecule has 122 valence electrons. The van der Waals surface area contributed by atoms with Crippen molar-refractivity contribution in [3.8, 4) is 0 Å². The predicted molar refractivity (Wildman–Crippen MR) is 92.4 cm³/mol. The molecule has 4 saturated carbocycles. The van der Waals surface area contributed by atoms with Crippen molar-refractivity contribution < 1.29 is 8.42 Å². The number of sulfonamides is 1. The summed E-state index contributed by atoms with van der Waals surface area (Å²) in [5.74, 6) is 2.53. The molecule has 1 aromatic rings. The molecule has 5 rings (SSSR count). The molecule has 1 atom stereocenters. The lowest BCUT2D eigenvalue weighted by molar-refractivity contribution is -0.0666. The highest BCUT2D eigenvalue weighted by atomic mass is 79.9. The summed E-state index contributed by atoms with van der Waals surface area (Å²) in [6, 6.07) is 3.52. The molecule has 3 nitrogen and oxygen atoms in total. The number of hydrogen-bond acceptors (Lipinski definition) is 3. The molecule has 1 aromatic heterocycles. The van der Waals surface area contributed by atoms with Crippen LogP contribution in [-0.4, -0.2) is 14.5 Å². The van der Waals surface area contributed by atoms with Crippen molar-refractivity contribution in [1.82, 2.24) is 4.72 Å². The van der Waals surface area contributed by atoms with Crippen LogP contribution in [0.1, 0.15) is 45.4 Å². The Bertz CT molecular complexity index is 647. The lowest BCUT2D eigenvalue weighted by atomic mass is 9.48. The molecule has 4 fully saturated rings. The zero-order valence-corrected chi connectivity index (χ0v) is 15.9. The van der Waals surface area contributed by atoms with E-state index in [1.54, 1.807) is 12.1 Å². The molecule has 1 unspecified atom stereocenters. The van der Waals surface area contributed by atoms with Crippen LogP contribution >= 0.6 is 27.3 Å². The molecule has 0 amide bonds. The fourth-order valence-corrected chi connectivity index (χ4v) is 8.94. The Labute approximate surface area is 145 Å². The fraction of sp³-hybridized carbons (Fsp3) is 0.750. The van der Waals surface area contributed by atoms with E-state index < -0.39 is 10.0 Å². The topological polar surface area (TPSA) is 46.2 Å². The van der Waals surface area contributed by atoms with Crippen LogP contribution in [0.3, 0.4) is 0 Å². The first-order chi connectivity index (χ1) is 10.4. The monoisotopic (exact) mass is 403 g/mol. The van der Waals surface area contributed by atoms with Gasteiger partial charge in [-0.1, -0.05) is 0 Å². The van der Waals surface area contributed by atoms with E-state index >= 15 is 0 Å². The van der Waals surface area contributed by atoms with Crippen LogP contribution in [0.15, 0.2) is 20.1 Å². The van der Waals surface area contributed by atoms with Crippen LogP contribution in [0.4, 0.5) is 0 Å². The van der Waals surface area contributed by atoms with Gasteiger partial charge in [-0.3, -0.25) is 0 Å². The minimum Gasteiger partial charge on any atom is -0.207 e. The number of hydrogen-bond donors (Lipinski definition) is 1. The molecule has 4 bridgehead atoms. The van der Waals surface area contributed by atoms with E-state index in [4.69, 9.17) is 0 Å². The van der Waals surface area contributed by atoms with Gasteiger partial charge >= 0.3 is 0 Å². The first kappa shape index (κ1) is 15.6. The van der Waals surface area contributed by atoms with Gasteiger partial charge in [0.2, 0.25) is 10.0 Å². The Morgan fingerprint density at radius 3 is 2.18 bits per heavy atom. The number of rotatable bonds is 4. The largest absolute Gasteiger partial charge is 0.250 e. The van der Waals surface area contributed by atoms with E-state index in [1.807, 2.05) is 0 Å². The molecule has 6 heteroatoms. The van der Waals surface area contributed by atoms with Crippen molar-refractivity contribution in [2.45, 2.75) is 55.7 Å². The van der Waals surface area contributed by atoms with E-state index in [0.29, 0.717) is 4.21 Å². The third-order valence-electron chi connectivity index (χ3n) is 6.15. The minimum atomic E-state index is -3.39. The van der Waals surface area contributed by atoms with Gasteiger partial charge in [-0.2, -0.15) is 0 Å². The van der Waals surface area contributed by atoms with Crippen LogP contribution in [0.5, 0.6) is 0 Å². The summed E-state index contributed by atoms with van der Waals surface area (Å²) < 4.78 is 29.5. The minimum absolute atomic E-state index is 0.0341. The van der Waals surface area contributed by atoms with Crippen molar-refractivity contribution in [3.05, 3.63) is 15.9 Å². The summed E-state index contributed by atoms with van der Waals surface area (Å²) in [5, 5.41) is 0. The average molecular weight is 404 g/mol. The zero-order valence-electron chi connectivity index (χ0n) is 12.7. The lowest BCUT2D eigenvalue weighted by Crippen LogP contribution is -2.55. The summed E-state index contributed by atoms with van der Waals surface area (Å²) >= 11 is 4.63. The molecule has 0 aliphatic heterocycles. The van der Waals surface area contributed by atoms with Crippen LogP contribution in [0, 0.1) is 23.2 Å². The zero-order chi connectivity index (χ0) is 15.5. The van der Waals surface area contributed by atoms with Crippen molar-refractivity contribution in [2.75, 3.05) is 0 Å². The first-order valence-corrected chi connectivity index (χ1v) is 11.2. The smallest absolute Gasteiger partial charge is 0.207 e. The summed E-state index contributed by atoms with van der Waals surface area (Å²) in [7, 11) is -3.39. The maximum Gasteiger partial charge on any atom is 0.250 e. The van der Waals surface area contributed by atoms with Crippen LogP contribution in [-0.2, 0) is 10.0 Å². The van der Waals surface area contributed by atoms with Gasteiger partial charge in [0, 0.05) is 6.04 Å². The van der Waals surface area contributed by atoms with Gasteiger partial charge in [-0.05, 0) is 96.7 Å². The van der Waals surface area contributed by atoms with E-state index in [2.05, 4.69) is 27.6 Å². The van der Waals surface area contributed by atoms with Gasteiger partial charge in [0.25, 0.3) is 0 Å². The molecule has 1 heterocycles. The quantitative estimate of drug-likeness (QED) is 0.809. The van der Waals surface area contributed by atoms with Crippen molar-refractivity contribution in [2.24, 2.45) is 23.2 Å². The normalized spacial score (nSPS) is 38.4. The fourth-order valence-electron chi connectivity index (χ4n) is 5.57. The molecule has 22 heavy (non-hydrogen) atoms. The Morgan fingerprint density at radius 2 is 1.73 bits per heavy atom.